The molecule has 116 valence electrons. The number of rotatable bonds is 5. The number of carbonyl (C=O) groups excluding carboxylic acids is 1. The molecule has 0 bridgehead atoms. The summed E-state index contributed by atoms with van der Waals surface area (Å²) in [7, 11) is 0. The quantitative estimate of drug-likeness (QED) is 0.890. The Balaban J connectivity index is 2.07. The van der Waals surface area contributed by atoms with E-state index in [4.69, 9.17) is 0 Å². The zero-order valence-electron chi connectivity index (χ0n) is 13.5. The third-order valence-corrected chi connectivity index (χ3v) is 3.04. The Hall–Kier alpha value is -2.43. The maximum atomic E-state index is 12.3. The van der Waals surface area contributed by atoms with E-state index in [1.165, 1.54) is 5.56 Å². The number of hydrogen-bond donors (Lipinski definition) is 2. The van der Waals surface area contributed by atoms with Gasteiger partial charge in [-0.25, -0.2) is 9.97 Å². The van der Waals surface area contributed by atoms with Crippen LogP contribution in [0.1, 0.15) is 41.2 Å². The SMILES string of the molecule is Cc1cccc(CNC(=O)c2cc(C)nc(NC(C)C)n2)c1. The molecule has 5 heteroatoms. The highest BCUT2D eigenvalue weighted by Crippen LogP contribution is 2.07. The topological polar surface area (TPSA) is 66.9 Å². The number of amides is 1. The second-order valence-corrected chi connectivity index (χ2v) is 5.69. The number of aromatic nitrogens is 2. The first kappa shape index (κ1) is 15.9. The number of anilines is 1. The molecular weight excluding hydrogens is 276 g/mol. The molecule has 0 saturated carbocycles. The van der Waals surface area contributed by atoms with Gasteiger partial charge in [-0.3, -0.25) is 4.79 Å². The average Bonchev–Trinajstić information content (AvgIpc) is 2.43. The Morgan fingerprint density at radius 3 is 2.64 bits per heavy atom. The van der Waals surface area contributed by atoms with Crippen molar-refractivity contribution in [2.75, 3.05) is 5.32 Å². The van der Waals surface area contributed by atoms with E-state index in [0.29, 0.717) is 18.2 Å². The van der Waals surface area contributed by atoms with E-state index in [2.05, 4.69) is 26.7 Å². The molecule has 5 nitrogen and oxygen atoms in total. The largest absolute Gasteiger partial charge is 0.352 e. The van der Waals surface area contributed by atoms with Crippen LogP contribution in [0.25, 0.3) is 0 Å². The van der Waals surface area contributed by atoms with Gasteiger partial charge in [0.25, 0.3) is 5.91 Å². The fourth-order valence-corrected chi connectivity index (χ4v) is 2.10. The van der Waals surface area contributed by atoms with E-state index in [0.717, 1.165) is 11.3 Å². The third kappa shape index (κ3) is 4.55. The van der Waals surface area contributed by atoms with Crippen molar-refractivity contribution in [2.45, 2.75) is 40.3 Å². The number of benzene rings is 1. The van der Waals surface area contributed by atoms with E-state index >= 15 is 0 Å². The summed E-state index contributed by atoms with van der Waals surface area (Å²) in [6, 6.07) is 9.96. The molecule has 0 spiro atoms. The van der Waals surface area contributed by atoms with Crippen molar-refractivity contribution < 1.29 is 4.79 Å². The summed E-state index contributed by atoms with van der Waals surface area (Å²) in [6.45, 7) is 8.37. The molecule has 0 unspecified atom stereocenters. The second-order valence-electron chi connectivity index (χ2n) is 5.69. The van der Waals surface area contributed by atoms with Gasteiger partial charge in [0.05, 0.1) is 0 Å². The van der Waals surface area contributed by atoms with Gasteiger partial charge in [-0.05, 0) is 39.3 Å². The van der Waals surface area contributed by atoms with Crippen LogP contribution in [0.3, 0.4) is 0 Å². The van der Waals surface area contributed by atoms with Crippen molar-refractivity contribution >= 4 is 11.9 Å². The van der Waals surface area contributed by atoms with Gasteiger partial charge in [-0.2, -0.15) is 0 Å². The molecule has 0 fully saturated rings. The maximum Gasteiger partial charge on any atom is 0.270 e. The number of nitrogens with zero attached hydrogens (tertiary/aromatic N) is 2. The van der Waals surface area contributed by atoms with Gasteiger partial charge in [-0.1, -0.05) is 29.8 Å². The lowest BCUT2D eigenvalue weighted by Crippen LogP contribution is -2.25. The van der Waals surface area contributed by atoms with E-state index in [-0.39, 0.29) is 11.9 Å². The van der Waals surface area contributed by atoms with E-state index < -0.39 is 0 Å². The lowest BCUT2D eigenvalue weighted by Gasteiger charge is -2.11. The van der Waals surface area contributed by atoms with Gasteiger partial charge in [0.1, 0.15) is 5.69 Å². The standard InChI is InChI=1S/C17H22N4O/c1-11(2)19-17-20-13(4)9-15(21-17)16(22)18-10-14-7-5-6-12(3)8-14/h5-9,11H,10H2,1-4H3,(H,18,22)(H,19,20,21). The summed E-state index contributed by atoms with van der Waals surface area (Å²) in [5, 5.41) is 6.01. The Labute approximate surface area is 131 Å². The summed E-state index contributed by atoms with van der Waals surface area (Å²) in [4.78, 5) is 20.8. The normalized spacial score (nSPS) is 10.6. The van der Waals surface area contributed by atoms with Crippen LogP contribution in [0, 0.1) is 13.8 Å². The molecule has 1 aromatic carbocycles. The van der Waals surface area contributed by atoms with Crippen LogP contribution in [0.2, 0.25) is 0 Å². The minimum Gasteiger partial charge on any atom is -0.352 e. The average molecular weight is 298 g/mol. The molecule has 2 N–H and O–H groups in total. The molecule has 0 radical (unpaired) electrons. The van der Waals surface area contributed by atoms with Crippen molar-refractivity contribution in [1.82, 2.24) is 15.3 Å². The van der Waals surface area contributed by atoms with Gasteiger partial charge in [0.2, 0.25) is 5.95 Å². The van der Waals surface area contributed by atoms with Crippen LogP contribution in [-0.2, 0) is 6.54 Å². The van der Waals surface area contributed by atoms with Crippen molar-refractivity contribution in [3.05, 3.63) is 52.8 Å². The molecular formula is C17H22N4O. The highest BCUT2D eigenvalue weighted by molar-refractivity contribution is 5.92. The first-order valence-corrected chi connectivity index (χ1v) is 7.40. The van der Waals surface area contributed by atoms with Crippen LogP contribution >= 0.6 is 0 Å². The van der Waals surface area contributed by atoms with Crippen molar-refractivity contribution in [3.8, 4) is 0 Å². The zero-order valence-corrected chi connectivity index (χ0v) is 13.5. The molecule has 1 aromatic heterocycles. The Morgan fingerprint density at radius 2 is 1.95 bits per heavy atom. The summed E-state index contributed by atoms with van der Waals surface area (Å²) < 4.78 is 0. The van der Waals surface area contributed by atoms with Gasteiger partial charge in [0, 0.05) is 18.3 Å². The molecule has 1 amide bonds. The molecule has 2 rings (SSSR count). The maximum absolute atomic E-state index is 12.3. The monoisotopic (exact) mass is 298 g/mol. The molecule has 0 aliphatic carbocycles. The van der Waals surface area contributed by atoms with E-state index in [1.807, 2.05) is 45.9 Å². The van der Waals surface area contributed by atoms with E-state index in [1.54, 1.807) is 6.07 Å². The predicted octanol–water partition coefficient (Wildman–Crippen LogP) is 2.84. The van der Waals surface area contributed by atoms with Crippen LogP contribution in [-0.4, -0.2) is 21.9 Å². The minimum atomic E-state index is -0.196. The predicted molar refractivity (Wildman–Crippen MR) is 87.9 cm³/mol. The van der Waals surface area contributed by atoms with Crippen LogP contribution in [0.5, 0.6) is 0 Å². The third-order valence-electron chi connectivity index (χ3n) is 3.04. The second kappa shape index (κ2) is 7.02. The molecule has 0 aliphatic heterocycles. The van der Waals surface area contributed by atoms with Crippen molar-refractivity contribution in [1.29, 1.82) is 0 Å². The first-order chi connectivity index (χ1) is 10.4. The van der Waals surface area contributed by atoms with Crippen LogP contribution in [0.4, 0.5) is 5.95 Å². The number of hydrogen-bond acceptors (Lipinski definition) is 4. The Morgan fingerprint density at radius 1 is 1.18 bits per heavy atom. The van der Waals surface area contributed by atoms with Crippen molar-refractivity contribution in [3.63, 3.8) is 0 Å². The minimum absolute atomic E-state index is 0.196. The fourth-order valence-electron chi connectivity index (χ4n) is 2.10. The van der Waals surface area contributed by atoms with Gasteiger partial charge < -0.3 is 10.6 Å². The van der Waals surface area contributed by atoms with Gasteiger partial charge in [0.15, 0.2) is 0 Å². The Bertz CT molecular complexity index is 667. The first-order valence-electron chi connectivity index (χ1n) is 7.40. The molecule has 1 heterocycles. The number of nitrogens with one attached hydrogen (secondary N) is 2. The van der Waals surface area contributed by atoms with Crippen molar-refractivity contribution in [2.24, 2.45) is 0 Å². The molecule has 22 heavy (non-hydrogen) atoms. The summed E-state index contributed by atoms with van der Waals surface area (Å²) in [5.41, 5.74) is 3.38. The smallest absolute Gasteiger partial charge is 0.270 e. The van der Waals surface area contributed by atoms with Crippen LogP contribution in [0.15, 0.2) is 30.3 Å². The number of carbonyl (C=O) groups is 1. The lowest BCUT2D eigenvalue weighted by atomic mass is 10.1. The number of aryl methyl sites for hydroxylation is 2. The van der Waals surface area contributed by atoms with Crippen LogP contribution < -0.4 is 10.6 Å². The van der Waals surface area contributed by atoms with Gasteiger partial charge >= 0.3 is 0 Å². The zero-order chi connectivity index (χ0) is 16.1. The molecule has 0 aliphatic rings. The lowest BCUT2D eigenvalue weighted by molar-refractivity contribution is 0.0945. The Kier molecular flexibility index (Phi) is 5.09. The summed E-state index contributed by atoms with van der Waals surface area (Å²) in [5.74, 6) is 0.287. The van der Waals surface area contributed by atoms with Gasteiger partial charge in [-0.15, -0.1) is 0 Å². The highest BCUT2D eigenvalue weighted by Gasteiger charge is 2.11. The molecule has 0 atom stereocenters. The molecule has 0 saturated heterocycles. The fraction of sp³-hybridized carbons (Fsp3) is 0.353. The molecule has 2 aromatic rings. The highest BCUT2D eigenvalue weighted by atomic mass is 16.1. The summed E-state index contributed by atoms with van der Waals surface area (Å²) >= 11 is 0. The van der Waals surface area contributed by atoms with E-state index in [9.17, 15) is 4.79 Å². The summed E-state index contributed by atoms with van der Waals surface area (Å²) in [6.07, 6.45) is 0.